The summed E-state index contributed by atoms with van der Waals surface area (Å²) >= 11 is 0. The van der Waals surface area contributed by atoms with Gasteiger partial charge in [-0.25, -0.2) is 9.78 Å². The molecule has 0 saturated carbocycles. The fourth-order valence-corrected chi connectivity index (χ4v) is 1.28. The van der Waals surface area contributed by atoms with Crippen molar-refractivity contribution in [1.82, 2.24) is 10.1 Å². The van der Waals surface area contributed by atoms with Gasteiger partial charge in [-0.05, 0) is 18.2 Å². The van der Waals surface area contributed by atoms with E-state index in [4.69, 9.17) is 9.63 Å². The molecule has 0 spiro atoms. The van der Waals surface area contributed by atoms with Crippen LogP contribution in [0.2, 0.25) is 0 Å². The van der Waals surface area contributed by atoms with Gasteiger partial charge in [-0.2, -0.15) is 0 Å². The van der Waals surface area contributed by atoms with Crippen LogP contribution in [0.5, 0.6) is 0 Å². The number of rotatable bonds is 4. The molecule has 0 atom stereocenters. The molecular weight excluding hydrogens is 250 g/mol. The van der Waals surface area contributed by atoms with Crippen LogP contribution in [0.4, 0.5) is 5.82 Å². The van der Waals surface area contributed by atoms with Gasteiger partial charge in [0.15, 0.2) is 0 Å². The van der Waals surface area contributed by atoms with Gasteiger partial charge in [0.05, 0.1) is 11.9 Å². The lowest BCUT2D eigenvalue weighted by Crippen LogP contribution is -2.12. The summed E-state index contributed by atoms with van der Waals surface area (Å²) in [5, 5.41) is 14.4. The van der Waals surface area contributed by atoms with Gasteiger partial charge in [0.2, 0.25) is 5.76 Å². The van der Waals surface area contributed by atoms with E-state index < -0.39 is 11.9 Å². The molecule has 0 aliphatic rings. The standard InChI is InChI=1S/C12H9N3O4/c16-11(17)5-4-8-2-1-3-10(14-8)15-12(18)9-6-7-13-19-9/h1-7H,(H,16,17)(H,14,15,18)/b5-4+. The van der Waals surface area contributed by atoms with E-state index in [9.17, 15) is 9.59 Å². The molecule has 7 nitrogen and oxygen atoms in total. The van der Waals surface area contributed by atoms with Gasteiger partial charge in [0.25, 0.3) is 5.91 Å². The van der Waals surface area contributed by atoms with E-state index in [0.717, 1.165) is 6.08 Å². The summed E-state index contributed by atoms with van der Waals surface area (Å²) in [6.07, 6.45) is 3.64. The third-order valence-electron chi connectivity index (χ3n) is 2.07. The number of anilines is 1. The summed E-state index contributed by atoms with van der Waals surface area (Å²) in [5.74, 6) is -1.20. The first-order valence-electron chi connectivity index (χ1n) is 5.25. The van der Waals surface area contributed by atoms with E-state index >= 15 is 0 Å². The maximum Gasteiger partial charge on any atom is 0.328 e. The van der Waals surface area contributed by atoms with Crippen molar-refractivity contribution in [3.8, 4) is 0 Å². The predicted molar refractivity (Wildman–Crippen MR) is 65.4 cm³/mol. The van der Waals surface area contributed by atoms with Crippen molar-refractivity contribution in [2.24, 2.45) is 0 Å². The highest BCUT2D eigenvalue weighted by atomic mass is 16.5. The second-order valence-electron chi connectivity index (χ2n) is 3.45. The Balaban J connectivity index is 2.11. The molecule has 2 aromatic heterocycles. The number of hydrogen-bond donors (Lipinski definition) is 2. The third kappa shape index (κ3) is 3.50. The lowest BCUT2D eigenvalue weighted by Gasteiger charge is -2.02. The molecular formula is C12H9N3O4. The number of carbonyl (C=O) groups is 2. The van der Waals surface area contributed by atoms with Crippen molar-refractivity contribution < 1.29 is 19.2 Å². The van der Waals surface area contributed by atoms with E-state index in [-0.39, 0.29) is 11.6 Å². The van der Waals surface area contributed by atoms with Crippen molar-refractivity contribution in [2.75, 3.05) is 5.32 Å². The first-order valence-corrected chi connectivity index (χ1v) is 5.25. The number of carbonyl (C=O) groups excluding carboxylic acids is 1. The average molecular weight is 259 g/mol. The Morgan fingerprint density at radius 3 is 2.84 bits per heavy atom. The number of nitrogens with zero attached hydrogens (tertiary/aromatic N) is 2. The number of carboxylic acids is 1. The molecule has 0 aliphatic heterocycles. The Labute approximate surface area is 107 Å². The van der Waals surface area contributed by atoms with Gasteiger partial charge in [0, 0.05) is 12.1 Å². The molecule has 0 unspecified atom stereocenters. The molecule has 2 rings (SSSR count). The monoisotopic (exact) mass is 259 g/mol. The largest absolute Gasteiger partial charge is 0.478 e. The smallest absolute Gasteiger partial charge is 0.328 e. The Morgan fingerprint density at radius 1 is 1.32 bits per heavy atom. The minimum atomic E-state index is -1.07. The average Bonchev–Trinajstić information content (AvgIpc) is 2.91. The van der Waals surface area contributed by atoms with Crippen LogP contribution in [0.15, 0.2) is 41.1 Å². The molecule has 0 aromatic carbocycles. The number of hydrogen-bond acceptors (Lipinski definition) is 5. The number of carboxylic acid groups (broad SMARTS) is 1. The lowest BCUT2D eigenvalue weighted by atomic mass is 10.3. The highest BCUT2D eigenvalue weighted by Gasteiger charge is 2.10. The molecule has 2 N–H and O–H groups in total. The Hall–Kier alpha value is -2.96. The Kier molecular flexibility index (Phi) is 3.67. The fraction of sp³-hybridized carbons (Fsp3) is 0. The SMILES string of the molecule is O=C(O)/C=C/c1cccc(NC(=O)c2ccno2)n1. The maximum atomic E-state index is 11.7. The summed E-state index contributed by atoms with van der Waals surface area (Å²) in [6, 6.07) is 6.25. The van der Waals surface area contributed by atoms with Crippen LogP contribution >= 0.6 is 0 Å². The van der Waals surface area contributed by atoms with Crippen LogP contribution in [0.25, 0.3) is 6.08 Å². The zero-order valence-electron chi connectivity index (χ0n) is 9.61. The van der Waals surface area contributed by atoms with Gasteiger partial charge in [0.1, 0.15) is 5.82 Å². The molecule has 0 bridgehead atoms. The summed E-state index contributed by atoms with van der Waals surface area (Å²) < 4.78 is 4.70. The Morgan fingerprint density at radius 2 is 2.16 bits per heavy atom. The number of pyridine rings is 1. The molecule has 0 fully saturated rings. The van der Waals surface area contributed by atoms with Crippen LogP contribution < -0.4 is 5.32 Å². The molecule has 7 heteroatoms. The van der Waals surface area contributed by atoms with E-state index in [1.807, 2.05) is 0 Å². The minimum absolute atomic E-state index is 0.0632. The van der Waals surface area contributed by atoms with Crippen LogP contribution in [0.1, 0.15) is 16.2 Å². The fourth-order valence-electron chi connectivity index (χ4n) is 1.28. The van der Waals surface area contributed by atoms with Crippen molar-refractivity contribution in [1.29, 1.82) is 0 Å². The van der Waals surface area contributed by atoms with E-state index in [1.54, 1.807) is 18.2 Å². The van der Waals surface area contributed by atoms with Gasteiger partial charge in [-0.1, -0.05) is 11.2 Å². The third-order valence-corrected chi connectivity index (χ3v) is 2.07. The molecule has 2 aromatic rings. The van der Waals surface area contributed by atoms with E-state index in [1.165, 1.54) is 18.3 Å². The first kappa shape index (κ1) is 12.5. The van der Waals surface area contributed by atoms with E-state index in [0.29, 0.717) is 5.69 Å². The summed E-state index contributed by atoms with van der Waals surface area (Å²) in [4.78, 5) is 26.1. The van der Waals surface area contributed by atoms with E-state index in [2.05, 4.69) is 15.5 Å². The van der Waals surface area contributed by atoms with Crippen LogP contribution in [-0.4, -0.2) is 27.1 Å². The normalized spacial score (nSPS) is 10.5. The van der Waals surface area contributed by atoms with Crippen LogP contribution in [0, 0.1) is 0 Å². The number of nitrogens with one attached hydrogen (secondary N) is 1. The van der Waals surface area contributed by atoms with Crippen LogP contribution in [-0.2, 0) is 4.79 Å². The highest BCUT2D eigenvalue weighted by molar-refractivity contribution is 6.01. The van der Waals surface area contributed by atoms with Crippen molar-refractivity contribution >= 4 is 23.8 Å². The second-order valence-corrected chi connectivity index (χ2v) is 3.45. The number of aromatic nitrogens is 2. The molecule has 2 heterocycles. The van der Waals surface area contributed by atoms with Gasteiger partial charge in [-0.15, -0.1) is 0 Å². The van der Waals surface area contributed by atoms with Crippen LogP contribution in [0.3, 0.4) is 0 Å². The molecule has 0 radical (unpaired) electrons. The Bertz CT molecular complexity index is 620. The molecule has 0 aliphatic carbocycles. The quantitative estimate of drug-likeness (QED) is 0.804. The van der Waals surface area contributed by atoms with Crippen molar-refractivity contribution in [3.05, 3.63) is 48.0 Å². The van der Waals surface area contributed by atoms with Crippen molar-refractivity contribution in [3.63, 3.8) is 0 Å². The molecule has 0 saturated heterocycles. The number of aliphatic carboxylic acids is 1. The highest BCUT2D eigenvalue weighted by Crippen LogP contribution is 2.08. The zero-order valence-corrected chi connectivity index (χ0v) is 9.61. The predicted octanol–water partition coefficient (Wildman–Crippen LogP) is 1.42. The van der Waals surface area contributed by atoms with Gasteiger partial charge in [-0.3, -0.25) is 4.79 Å². The second kappa shape index (κ2) is 5.58. The van der Waals surface area contributed by atoms with Gasteiger partial charge >= 0.3 is 5.97 Å². The summed E-state index contributed by atoms with van der Waals surface area (Å²) in [5.41, 5.74) is 0.415. The molecule has 1 amide bonds. The molecule has 19 heavy (non-hydrogen) atoms. The minimum Gasteiger partial charge on any atom is -0.478 e. The van der Waals surface area contributed by atoms with Crippen molar-refractivity contribution in [2.45, 2.75) is 0 Å². The topological polar surface area (TPSA) is 105 Å². The molecule has 96 valence electrons. The maximum absolute atomic E-state index is 11.7. The zero-order chi connectivity index (χ0) is 13.7. The lowest BCUT2D eigenvalue weighted by molar-refractivity contribution is -0.131. The summed E-state index contributed by atoms with van der Waals surface area (Å²) in [7, 11) is 0. The van der Waals surface area contributed by atoms with Gasteiger partial charge < -0.3 is 14.9 Å². The first-order chi connectivity index (χ1) is 9.15. The number of amides is 1. The summed E-state index contributed by atoms with van der Waals surface area (Å²) in [6.45, 7) is 0.